The second kappa shape index (κ2) is 8.18. The van der Waals surface area contributed by atoms with Crippen molar-refractivity contribution in [2.24, 2.45) is 0 Å². The van der Waals surface area contributed by atoms with Crippen molar-refractivity contribution in [3.05, 3.63) is 52.5 Å². The van der Waals surface area contributed by atoms with Gasteiger partial charge in [0, 0.05) is 25.2 Å². The van der Waals surface area contributed by atoms with Crippen molar-refractivity contribution in [3.63, 3.8) is 0 Å². The van der Waals surface area contributed by atoms with Crippen LogP contribution in [-0.2, 0) is 0 Å². The Morgan fingerprint density at radius 3 is 2.21 bits per heavy atom. The number of nitrogens with one attached hydrogen (secondary N) is 2. The number of carbonyl (C=O) groups excluding carboxylic acids is 3. The number of rotatable bonds is 6. The Bertz CT molecular complexity index is 912. The fraction of sp³-hybridized carbons (Fsp3) is 0.211. The summed E-state index contributed by atoms with van der Waals surface area (Å²) >= 11 is 6.04. The molecule has 2 aromatic rings. The highest BCUT2D eigenvalue weighted by Gasteiger charge is 2.34. The summed E-state index contributed by atoms with van der Waals surface area (Å²) < 4.78 is 10.3. The number of ether oxygens (including phenoxy) is 2. The van der Waals surface area contributed by atoms with E-state index in [0.29, 0.717) is 33.3 Å². The number of amides is 4. The molecule has 2 aromatic carbocycles. The zero-order chi connectivity index (χ0) is 20.3. The van der Waals surface area contributed by atoms with E-state index >= 15 is 0 Å². The molecule has 0 unspecified atom stereocenters. The molecule has 0 spiro atoms. The molecule has 0 aromatic heterocycles. The molecule has 1 heterocycles. The average molecular weight is 404 g/mol. The second-order valence-corrected chi connectivity index (χ2v) is 6.28. The number of hydrogen-bond acceptors (Lipinski definition) is 5. The fourth-order valence-electron chi connectivity index (χ4n) is 2.85. The monoisotopic (exact) mass is 403 g/mol. The largest absolute Gasteiger partial charge is 0.495 e. The molecular weight excluding hydrogens is 386 g/mol. The molecule has 0 radical (unpaired) electrons. The molecule has 2 N–H and O–H groups in total. The van der Waals surface area contributed by atoms with Crippen molar-refractivity contribution in [3.8, 4) is 11.5 Å². The van der Waals surface area contributed by atoms with Crippen LogP contribution < -0.4 is 20.1 Å². The van der Waals surface area contributed by atoms with E-state index in [1.165, 1.54) is 26.4 Å². The van der Waals surface area contributed by atoms with E-state index in [1.54, 1.807) is 24.3 Å². The topological polar surface area (TPSA) is 97.0 Å². The van der Waals surface area contributed by atoms with Crippen LogP contribution in [0.4, 0.5) is 10.5 Å². The maximum absolute atomic E-state index is 12.3. The summed E-state index contributed by atoms with van der Waals surface area (Å²) in [5.74, 6) is 0.00363. The van der Waals surface area contributed by atoms with Gasteiger partial charge in [-0.1, -0.05) is 23.7 Å². The molecule has 1 aliphatic rings. The highest BCUT2D eigenvalue weighted by molar-refractivity contribution is 6.32. The lowest BCUT2D eigenvalue weighted by atomic mass is 10.1. The SMILES string of the molecule is COc1cc(NC(=O)NCCN2C(=O)c3ccccc3C2=O)c(OC)cc1Cl. The number of imide groups is 1. The number of methoxy groups -OCH3 is 2. The van der Waals surface area contributed by atoms with Gasteiger partial charge in [-0.25, -0.2) is 4.79 Å². The number of carbonyl (C=O) groups is 3. The van der Waals surface area contributed by atoms with Crippen molar-refractivity contribution >= 4 is 35.1 Å². The number of halogens is 1. The first kappa shape index (κ1) is 19.5. The zero-order valence-electron chi connectivity index (χ0n) is 15.2. The highest BCUT2D eigenvalue weighted by atomic mass is 35.5. The van der Waals surface area contributed by atoms with Crippen LogP contribution in [0.2, 0.25) is 5.02 Å². The van der Waals surface area contributed by atoms with Gasteiger partial charge in [-0.05, 0) is 12.1 Å². The number of hydrogen-bond donors (Lipinski definition) is 2. The highest BCUT2D eigenvalue weighted by Crippen LogP contribution is 2.35. The van der Waals surface area contributed by atoms with E-state index in [9.17, 15) is 14.4 Å². The summed E-state index contributed by atoms with van der Waals surface area (Å²) in [4.78, 5) is 37.9. The van der Waals surface area contributed by atoms with E-state index in [-0.39, 0.29) is 24.9 Å². The predicted octanol–water partition coefficient (Wildman–Crippen LogP) is 2.77. The standard InChI is InChI=1S/C19H18ClN3O5/c1-27-15-10-14(16(28-2)9-13(15)20)22-19(26)21-7-8-23-17(24)11-5-3-4-6-12(11)18(23)25/h3-6,9-10H,7-8H2,1-2H3,(H2,21,22,26). The Kier molecular flexibility index (Phi) is 5.70. The summed E-state index contributed by atoms with van der Waals surface area (Å²) in [5, 5.41) is 5.57. The second-order valence-electron chi connectivity index (χ2n) is 5.88. The van der Waals surface area contributed by atoms with Crippen molar-refractivity contribution < 1.29 is 23.9 Å². The lowest BCUT2D eigenvalue weighted by molar-refractivity contribution is 0.0656. The Morgan fingerprint density at radius 2 is 1.64 bits per heavy atom. The van der Waals surface area contributed by atoms with Gasteiger partial charge in [-0.3, -0.25) is 14.5 Å². The molecule has 0 bridgehead atoms. The molecule has 0 aliphatic carbocycles. The molecule has 0 saturated heterocycles. The Balaban J connectivity index is 1.59. The van der Waals surface area contributed by atoms with Gasteiger partial charge in [0.05, 0.1) is 36.1 Å². The van der Waals surface area contributed by atoms with Crippen LogP contribution in [0, 0.1) is 0 Å². The molecule has 28 heavy (non-hydrogen) atoms. The third-order valence-electron chi connectivity index (χ3n) is 4.22. The minimum absolute atomic E-state index is 0.0564. The Hall–Kier alpha value is -3.26. The van der Waals surface area contributed by atoms with Gasteiger partial charge in [-0.15, -0.1) is 0 Å². The quantitative estimate of drug-likeness (QED) is 0.723. The summed E-state index contributed by atoms with van der Waals surface area (Å²) in [6.07, 6.45) is 0. The first-order chi connectivity index (χ1) is 13.5. The average Bonchev–Trinajstić information content (AvgIpc) is 2.94. The summed E-state index contributed by atoms with van der Waals surface area (Å²) in [5.41, 5.74) is 1.10. The summed E-state index contributed by atoms with van der Waals surface area (Å²) in [6, 6.07) is 9.14. The van der Waals surface area contributed by atoms with Crippen LogP contribution in [-0.4, -0.2) is 50.1 Å². The molecule has 8 nitrogen and oxygen atoms in total. The van der Waals surface area contributed by atoms with E-state index < -0.39 is 6.03 Å². The smallest absolute Gasteiger partial charge is 0.319 e. The van der Waals surface area contributed by atoms with Gasteiger partial charge >= 0.3 is 6.03 Å². The molecule has 0 atom stereocenters. The normalized spacial score (nSPS) is 12.6. The molecule has 3 rings (SSSR count). The number of benzene rings is 2. The Labute approximate surface area is 166 Å². The van der Waals surface area contributed by atoms with Crippen molar-refractivity contribution in [1.82, 2.24) is 10.2 Å². The predicted molar refractivity (Wildman–Crippen MR) is 103 cm³/mol. The van der Waals surface area contributed by atoms with Crippen LogP contribution in [0.25, 0.3) is 0 Å². The molecule has 146 valence electrons. The van der Waals surface area contributed by atoms with E-state index in [1.807, 2.05) is 0 Å². The van der Waals surface area contributed by atoms with E-state index in [2.05, 4.69) is 10.6 Å². The minimum atomic E-state index is -0.528. The van der Waals surface area contributed by atoms with Gasteiger partial charge in [-0.2, -0.15) is 0 Å². The van der Waals surface area contributed by atoms with Crippen LogP contribution in [0.1, 0.15) is 20.7 Å². The van der Waals surface area contributed by atoms with Crippen molar-refractivity contribution in [2.75, 3.05) is 32.6 Å². The van der Waals surface area contributed by atoms with Gasteiger partial charge in [0.15, 0.2) is 0 Å². The number of fused-ring (bicyclic) bond motifs is 1. The molecule has 0 fully saturated rings. The maximum Gasteiger partial charge on any atom is 0.319 e. The molecule has 9 heteroatoms. The first-order valence-corrected chi connectivity index (χ1v) is 8.75. The third kappa shape index (κ3) is 3.72. The van der Waals surface area contributed by atoms with Crippen LogP contribution in [0.3, 0.4) is 0 Å². The zero-order valence-corrected chi connectivity index (χ0v) is 16.0. The Morgan fingerprint density at radius 1 is 1.04 bits per heavy atom. The lowest BCUT2D eigenvalue weighted by Crippen LogP contribution is -2.39. The van der Waals surface area contributed by atoms with E-state index in [4.69, 9.17) is 21.1 Å². The number of anilines is 1. The van der Waals surface area contributed by atoms with Crippen molar-refractivity contribution in [1.29, 1.82) is 0 Å². The van der Waals surface area contributed by atoms with Crippen LogP contribution in [0.5, 0.6) is 11.5 Å². The van der Waals surface area contributed by atoms with Crippen molar-refractivity contribution in [2.45, 2.75) is 0 Å². The third-order valence-corrected chi connectivity index (χ3v) is 4.52. The maximum atomic E-state index is 12.3. The molecule has 4 amide bonds. The fourth-order valence-corrected chi connectivity index (χ4v) is 3.08. The van der Waals surface area contributed by atoms with Gasteiger partial charge in [0.25, 0.3) is 11.8 Å². The number of nitrogens with zero attached hydrogens (tertiary/aromatic N) is 1. The van der Waals surface area contributed by atoms with Crippen LogP contribution >= 0.6 is 11.6 Å². The molecule has 0 saturated carbocycles. The van der Waals surface area contributed by atoms with Gasteiger partial charge in [0.1, 0.15) is 11.5 Å². The van der Waals surface area contributed by atoms with Crippen LogP contribution in [0.15, 0.2) is 36.4 Å². The first-order valence-electron chi connectivity index (χ1n) is 8.38. The molecule has 1 aliphatic heterocycles. The number of urea groups is 1. The summed E-state index contributed by atoms with van der Waals surface area (Å²) in [6.45, 7) is 0.144. The summed E-state index contributed by atoms with van der Waals surface area (Å²) in [7, 11) is 2.91. The minimum Gasteiger partial charge on any atom is -0.495 e. The molecular formula is C19H18ClN3O5. The van der Waals surface area contributed by atoms with E-state index in [0.717, 1.165) is 4.90 Å². The lowest BCUT2D eigenvalue weighted by Gasteiger charge is -2.16. The van der Waals surface area contributed by atoms with Gasteiger partial charge in [0.2, 0.25) is 0 Å². The van der Waals surface area contributed by atoms with Gasteiger partial charge < -0.3 is 20.1 Å².